The molecule has 1 N–H and O–H groups in total. The topological polar surface area (TPSA) is 55.6 Å². The van der Waals surface area contributed by atoms with E-state index in [0.717, 1.165) is 27.2 Å². The SMILES string of the molecule is CC(Cl)C(=O)Oc1cccc(-c2nc3ccc(Br)cn3c2NC(C)(C)C)c1. The van der Waals surface area contributed by atoms with Crippen LogP contribution in [0.4, 0.5) is 5.82 Å². The fourth-order valence-electron chi connectivity index (χ4n) is 2.60. The van der Waals surface area contributed by atoms with Gasteiger partial charge in [0.2, 0.25) is 0 Å². The summed E-state index contributed by atoms with van der Waals surface area (Å²) in [6.07, 6.45) is 1.97. The van der Waals surface area contributed by atoms with Crippen molar-refractivity contribution < 1.29 is 9.53 Å². The molecule has 1 aromatic carbocycles. The Kier molecular flexibility index (Phi) is 5.49. The van der Waals surface area contributed by atoms with E-state index in [2.05, 4.69) is 42.0 Å². The summed E-state index contributed by atoms with van der Waals surface area (Å²) in [5.74, 6) is 0.818. The van der Waals surface area contributed by atoms with E-state index in [9.17, 15) is 4.79 Å². The highest BCUT2D eigenvalue weighted by Gasteiger charge is 2.20. The first-order chi connectivity index (χ1) is 12.6. The maximum absolute atomic E-state index is 11.8. The van der Waals surface area contributed by atoms with Crippen molar-refractivity contribution in [3.8, 4) is 17.0 Å². The van der Waals surface area contributed by atoms with Gasteiger partial charge >= 0.3 is 5.97 Å². The number of pyridine rings is 1. The third-order valence-corrected chi connectivity index (χ3v) is 4.37. The fourth-order valence-corrected chi connectivity index (χ4v) is 2.98. The number of anilines is 1. The summed E-state index contributed by atoms with van der Waals surface area (Å²) in [5.41, 5.74) is 2.27. The molecule has 0 amide bonds. The Balaban J connectivity index is 2.11. The van der Waals surface area contributed by atoms with E-state index < -0.39 is 11.3 Å². The monoisotopic (exact) mass is 449 g/mol. The minimum absolute atomic E-state index is 0.162. The van der Waals surface area contributed by atoms with Gasteiger partial charge in [-0.25, -0.2) is 4.98 Å². The van der Waals surface area contributed by atoms with Crippen LogP contribution in [0.5, 0.6) is 5.75 Å². The molecule has 27 heavy (non-hydrogen) atoms. The van der Waals surface area contributed by atoms with Crippen LogP contribution in [0.25, 0.3) is 16.9 Å². The lowest BCUT2D eigenvalue weighted by Gasteiger charge is -2.22. The molecule has 2 aromatic heterocycles. The summed E-state index contributed by atoms with van der Waals surface area (Å²) >= 11 is 9.31. The van der Waals surface area contributed by atoms with Crippen LogP contribution in [0.3, 0.4) is 0 Å². The number of hydrogen-bond acceptors (Lipinski definition) is 4. The first-order valence-electron chi connectivity index (χ1n) is 8.56. The van der Waals surface area contributed by atoms with Crippen LogP contribution in [-0.4, -0.2) is 26.3 Å². The number of benzene rings is 1. The average Bonchev–Trinajstić information content (AvgIpc) is 2.91. The van der Waals surface area contributed by atoms with Gasteiger partial charge in [-0.2, -0.15) is 0 Å². The Hall–Kier alpha value is -2.05. The Bertz CT molecular complexity index is 993. The molecule has 2 heterocycles. The first kappa shape index (κ1) is 19.7. The van der Waals surface area contributed by atoms with Crippen molar-refractivity contribution in [1.82, 2.24) is 9.38 Å². The van der Waals surface area contributed by atoms with Crippen molar-refractivity contribution >= 4 is 45.0 Å². The number of imidazole rings is 1. The van der Waals surface area contributed by atoms with Gasteiger partial charge in [-0.05, 0) is 67.9 Å². The molecule has 0 aliphatic heterocycles. The third-order valence-electron chi connectivity index (χ3n) is 3.73. The molecule has 0 saturated carbocycles. The molecule has 5 nitrogen and oxygen atoms in total. The number of alkyl halides is 1. The molecule has 0 radical (unpaired) electrons. The Morgan fingerprint density at radius 2 is 2.04 bits per heavy atom. The van der Waals surface area contributed by atoms with Gasteiger partial charge in [-0.3, -0.25) is 9.20 Å². The van der Waals surface area contributed by atoms with Crippen LogP contribution < -0.4 is 10.1 Å². The minimum atomic E-state index is -0.709. The molecule has 0 fully saturated rings. The largest absolute Gasteiger partial charge is 0.425 e. The molecule has 142 valence electrons. The second kappa shape index (κ2) is 7.52. The highest BCUT2D eigenvalue weighted by Crippen LogP contribution is 2.33. The summed E-state index contributed by atoms with van der Waals surface area (Å²) in [5, 5.41) is 2.82. The maximum Gasteiger partial charge on any atom is 0.329 e. The first-order valence-corrected chi connectivity index (χ1v) is 9.79. The summed E-state index contributed by atoms with van der Waals surface area (Å²) in [6, 6.07) is 11.2. The van der Waals surface area contributed by atoms with Crippen LogP contribution >= 0.6 is 27.5 Å². The standard InChI is InChI=1S/C20H21BrClN3O2/c1-12(22)19(26)27-15-7-5-6-13(10-15)17-18(24-20(2,3)4)25-11-14(21)8-9-16(25)23-17/h5-12,24H,1-4H3. The van der Waals surface area contributed by atoms with E-state index in [0.29, 0.717) is 5.75 Å². The van der Waals surface area contributed by atoms with Crippen LogP contribution in [0.15, 0.2) is 47.1 Å². The third kappa shape index (κ3) is 4.62. The zero-order chi connectivity index (χ0) is 19.8. The van der Waals surface area contributed by atoms with Crippen LogP contribution in [0.2, 0.25) is 0 Å². The second-order valence-corrected chi connectivity index (χ2v) is 8.89. The molecule has 0 saturated heterocycles. The van der Waals surface area contributed by atoms with Crippen molar-refractivity contribution in [2.75, 3.05) is 5.32 Å². The fraction of sp³-hybridized carbons (Fsp3) is 0.300. The van der Waals surface area contributed by atoms with Crippen LogP contribution in [-0.2, 0) is 4.79 Å². The Labute approximate surface area is 171 Å². The molecule has 3 rings (SSSR count). The highest BCUT2D eigenvalue weighted by atomic mass is 79.9. The van der Waals surface area contributed by atoms with E-state index in [-0.39, 0.29) is 5.54 Å². The molecule has 3 aromatic rings. The van der Waals surface area contributed by atoms with E-state index in [4.69, 9.17) is 21.3 Å². The Morgan fingerprint density at radius 1 is 1.30 bits per heavy atom. The molecule has 7 heteroatoms. The quantitative estimate of drug-likeness (QED) is 0.324. The van der Waals surface area contributed by atoms with E-state index in [1.807, 2.05) is 34.9 Å². The van der Waals surface area contributed by atoms with Gasteiger partial charge in [-0.1, -0.05) is 12.1 Å². The number of hydrogen-bond donors (Lipinski definition) is 1. The lowest BCUT2D eigenvalue weighted by molar-refractivity contribution is -0.133. The van der Waals surface area contributed by atoms with E-state index in [1.54, 1.807) is 19.1 Å². The number of esters is 1. The molecule has 0 aliphatic carbocycles. The van der Waals surface area contributed by atoms with Gasteiger partial charge in [0.1, 0.15) is 28.3 Å². The van der Waals surface area contributed by atoms with Crippen molar-refractivity contribution in [1.29, 1.82) is 0 Å². The number of fused-ring (bicyclic) bond motifs is 1. The van der Waals surface area contributed by atoms with Gasteiger partial charge in [-0.15, -0.1) is 11.6 Å². The van der Waals surface area contributed by atoms with Gasteiger partial charge in [0, 0.05) is 21.8 Å². The minimum Gasteiger partial charge on any atom is -0.425 e. The molecule has 0 aliphatic rings. The van der Waals surface area contributed by atoms with Crippen LogP contribution in [0, 0.1) is 0 Å². The number of halogens is 2. The van der Waals surface area contributed by atoms with E-state index >= 15 is 0 Å². The van der Waals surface area contributed by atoms with Gasteiger partial charge < -0.3 is 10.1 Å². The summed E-state index contributed by atoms with van der Waals surface area (Å²) in [6.45, 7) is 7.86. The maximum atomic E-state index is 11.8. The van der Waals surface area contributed by atoms with Gasteiger partial charge in [0.05, 0.1) is 0 Å². The lowest BCUT2D eigenvalue weighted by atomic mass is 10.1. The van der Waals surface area contributed by atoms with Crippen molar-refractivity contribution in [2.24, 2.45) is 0 Å². The number of nitrogens with one attached hydrogen (secondary N) is 1. The van der Waals surface area contributed by atoms with Crippen molar-refractivity contribution in [2.45, 2.75) is 38.6 Å². The highest BCUT2D eigenvalue weighted by molar-refractivity contribution is 9.10. The van der Waals surface area contributed by atoms with Crippen molar-refractivity contribution in [3.63, 3.8) is 0 Å². The number of ether oxygens (including phenoxy) is 1. The molecule has 1 atom stereocenters. The Morgan fingerprint density at radius 3 is 2.70 bits per heavy atom. The smallest absolute Gasteiger partial charge is 0.329 e. The normalized spacial score (nSPS) is 12.8. The zero-order valence-corrected chi connectivity index (χ0v) is 17.9. The lowest BCUT2D eigenvalue weighted by Crippen LogP contribution is -2.27. The number of carbonyl (C=O) groups excluding carboxylic acids is 1. The summed E-state index contributed by atoms with van der Waals surface area (Å²) in [7, 11) is 0. The zero-order valence-electron chi connectivity index (χ0n) is 15.6. The number of rotatable bonds is 4. The molecular weight excluding hydrogens is 430 g/mol. The summed E-state index contributed by atoms with van der Waals surface area (Å²) < 4.78 is 8.30. The number of aromatic nitrogens is 2. The van der Waals surface area contributed by atoms with Crippen LogP contribution in [0.1, 0.15) is 27.7 Å². The average molecular weight is 451 g/mol. The molecule has 0 bridgehead atoms. The molecule has 0 spiro atoms. The predicted molar refractivity (Wildman–Crippen MR) is 113 cm³/mol. The number of nitrogens with zero attached hydrogens (tertiary/aromatic N) is 2. The van der Waals surface area contributed by atoms with E-state index in [1.165, 1.54) is 0 Å². The molecule has 1 unspecified atom stereocenters. The van der Waals surface area contributed by atoms with Gasteiger partial charge in [0.25, 0.3) is 0 Å². The number of carbonyl (C=O) groups is 1. The molecular formula is C20H21BrClN3O2. The van der Waals surface area contributed by atoms with Gasteiger partial charge in [0.15, 0.2) is 0 Å². The second-order valence-electron chi connectivity index (χ2n) is 7.32. The van der Waals surface area contributed by atoms with Crippen molar-refractivity contribution in [3.05, 3.63) is 47.1 Å². The predicted octanol–water partition coefficient (Wildman–Crippen LogP) is 5.51. The summed E-state index contributed by atoms with van der Waals surface area (Å²) in [4.78, 5) is 16.6.